The molecule has 132 valence electrons. The van der Waals surface area contributed by atoms with Gasteiger partial charge in [-0.1, -0.05) is 22.0 Å². The minimum atomic E-state index is 0.0185. The van der Waals surface area contributed by atoms with Gasteiger partial charge in [0.2, 0.25) is 0 Å². The maximum absolute atomic E-state index is 5.75. The van der Waals surface area contributed by atoms with Crippen molar-refractivity contribution in [3.63, 3.8) is 0 Å². The Balaban J connectivity index is 1.85. The molecule has 1 aliphatic rings. The molecule has 2 atom stereocenters. The zero-order valence-electron chi connectivity index (χ0n) is 14.4. The summed E-state index contributed by atoms with van der Waals surface area (Å²) in [4.78, 5) is 8.14. The number of hydrogen-bond acceptors (Lipinski definition) is 3. The summed E-state index contributed by atoms with van der Waals surface area (Å²) < 4.78 is 1.10. The van der Waals surface area contributed by atoms with Crippen molar-refractivity contribution in [3.8, 4) is 0 Å². The van der Waals surface area contributed by atoms with Crippen molar-refractivity contribution in [3.05, 3.63) is 80.2 Å². The van der Waals surface area contributed by atoms with Crippen LogP contribution in [0, 0.1) is 13.8 Å². The quantitative estimate of drug-likeness (QED) is 0.525. The third kappa shape index (κ3) is 3.06. The predicted molar refractivity (Wildman–Crippen MR) is 116 cm³/mol. The van der Waals surface area contributed by atoms with Gasteiger partial charge in [-0.3, -0.25) is 4.98 Å². The lowest BCUT2D eigenvalue weighted by Gasteiger charge is -2.28. The minimum Gasteiger partial charge on any atom is -0.351 e. The molecule has 3 aromatic rings. The molecule has 1 fully saturated rings. The molecule has 0 aliphatic carbocycles. The predicted octanol–water partition coefficient (Wildman–Crippen LogP) is 5.70. The lowest BCUT2D eigenvalue weighted by Crippen LogP contribution is -2.29. The first-order valence-electron chi connectivity index (χ1n) is 8.37. The van der Waals surface area contributed by atoms with E-state index in [2.05, 4.69) is 80.7 Å². The summed E-state index contributed by atoms with van der Waals surface area (Å²) in [6.45, 7) is 4.26. The molecule has 6 heteroatoms. The monoisotopic (exact) mass is 443 g/mol. The molecule has 1 N–H and O–H groups in total. The second-order valence-electron chi connectivity index (χ2n) is 6.40. The van der Waals surface area contributed by atoms with Crippen LogP contribution in [0.2, 0.25) is 0 Å². The van der Waals surface area contributed by atoms with Crippen LogP contribution in [0.1, 0.15) is 33.8 Å². The van der Waals surface area contributed by atoms with E-state index in [9.17, 15) is 0 Å². The maximum Gasteiger partial charge on any atom is 0.174 e. The van der Waals surface area contributed by atoms with Crippen LogP contribution in [-0.2, 0) is 0 Å². The van der Waals surface area contributed by atoms with Crippen LogP contribution in [0.4, 0.5) is 5.69 Å². The number of thiocarbonyl (C=S) groups is 1. The number of anilines is 1. The van der Waals surface area contributed by atoms with Crippen molar-refractivity contribution in [2.24, 2.45) is 0 Å². The third-order valence-electron chi connectivity index (χ3n) is 4.69. The first kappa shape index (κ1) is 17.6. The highest BCUT2D eigenvalue weighted by Crippen LogP contribution is 2.44. The van der Waals surface area contributed by atoms with Crippen LogP contribution >= 0.6 is 39.5 Å². The normalized spacial score (nSPS) is 19.7. The topological polar surface area (TPSA) is 28.2 Å². The molecule has 1 aliphatic heterocycles. The van der Waals surface area contributed by atoms with Crippen molar-refractivity contribution >= 4 is 50.3 Å². The van der Waals surface area contributed by atoms with Gasteiger partial charge in [0.15, 0.2) is 5.11 Å². The van der Waals surface area contributed by atoms with Crippen molar-refractivity contribution in [1.82, 2.24) is 10.3 Å². The molecule has 1 saturated heterocycles. The van der Waals surface area contributed by atoms with Crippen LogP contribution in [0.5, 0.6) is 0 Å². The fourth-order valence-electron chi connectivity index (χ4n) is 3.37. The van der Waals surface area contributed by atoms with E-state index in [1.807, 2.05) is 18.3 Å². The molecule has 26 heavy (non-hydrogen) atoms. The van der Waals surface area contributed by atoms with Crippen LogP contribution < -0.4 is 10.2 Å². The molecule has 3 nitrogen and oxygen atoms in total. The Labute approximate surface area is 171 Å². The number of nitrogens with zero attached hydrogens (tertiary/aromatic N) is 2. The molecule has 3 heterocycles. The summed E-state index contributed by atoms with van der Waals surface area (Å²) in [7, 11) is 0. The van der Waals surface area contributed by atoms with E-state index in [1.165, 1.54) is 16.0 Å². The Morgan fingerprint density at radius 1 is 1.15 bits per heavy atom. The SMILES string of the molecule is Cc1cc(N2C(=S)NC(c3ccccn3)C2c2sccc2C)ccc1Br. The summed E-state index contributed by atoms with van der Waals surface area (Å²) in [6.07, 6.45) is 1.84. The molecule has 1 aromatic carbocycles. The fraction of sp³-hybridized carbons (Fsp3) is 0.200. The Bertz CT molecular complexity index is 955. The Kier molecular flexibility index (Phi) is 4.82. The minimum absolute atomic E-state index is 0.0185. The van der Waals surface area contributed by atoms with Crippen LogP contribution in [0.15, 0.2) is 58.5 Å². The molecule has 0 spiro atoms. The summed E-state index contributed by atoms with van der Waals surface area (Å²) >= 11 is 11.1. The van der Waals surface area contributed by atoms with Gasteiger partial charge in [-0.05, 0) is 79.0 Å². The van der Waals surface area contributed by atoms with E-state index in [1.54, 1.807) is 11.3 Å². The maximum atomic E-state index is 5.75. The molecule has 0 bridgehead atoms. The van der Waals surface area contributed by atoms with Gasteiger partial charge in [-0.25, -0.2) is 0 Å². The van der Waals surface area contributed by atoms with Crippen LogP contribution in [0.25, 0.3) is 0 Å². The van der Waals surface area contributed by atoms with Crippen molar-refractivity contribution in [2.45, 2.75) is 25.9 Å². The van der Waals surface area contributed by atoms with E-state index in [0.29, 0.717) is 0 Å². The van der Waals surface area contributed by atoms with Gasteiger partial charge in [0.05, 0.1) is 17.8 Å². The van der Waals surface area contributed by atoms with E-state index < -0.39 is 0 Å². The summed E-state index contributed by atoms with van der Waals surface area (Å²) in [5.74, 6) is 0. The average Bonchev–Trinajstić information content (AvgIpc) is 3.21. The number of aryl methyl sites for hydroxylation is 2. The second-order valence-corrected chi connectivity index (χ2v) is 8.59. The van der Waals surface area contributed by atoms with Crippen molar-refractivity contribution in [2.75, 3.05) is 4.90 Å². The van der Waals surface area contributed by atoms with E-state index in [0.717, 1.165) is 21.0 Å². The number of pyridine rings is 1. The Morgan fingerprint density at radius 3 is 2.65 bits per heavy atom. The molecule has 2 aromatic heterocycles. The lowest BCUT2D eigenvalue weighted by atomic mass is 10.0. The zero-order chi connectivity index (χ0) is 18.3. The van der Waals surface area contributed by atoms with E-state index >= 15 is 0 Å². The average molecular weight is 444 g/mol. The number of halogens is 1. The number of thiophene rings is 1. The van der Waals surface area contributed by atoms with E-state index in [-0.39, 0.29) is 12.1 Å². The second kappa shape index (κ2) is 7.10. The molecule has 0 radical (unpaired) electrons. The lowest BCUT2D eigenvalue weighted by molar-refractivity contribution is 0.573. The van der Waals surface area contributed by atoms with Gasteiger partial charge in [-0.15, -0.1) is 11.3 Å². The van der Waals surface area contributed by atoms with Gasteiger partial charge in [0, 0.05) is 21.2 Å². The largest absolute Gasteiger partial charge is 0.351 e. The number of rotatable bonds is 3. The summed E-state index contributed by atoms with van der Waals surface area (Å²) in [5.41, 5.74) is 4.57. The van der Waals surface area contributed by atoms with Crippen LogP contribution in [0.3, 0.4) is 0 Å². The van der Waals surface area contributed by atoms with Gasteiger partial charge in [0.25, 0.3) is 0 Å². The Hall–Kier alpha value is -1.76. The summed E-state index contributed by atoms with van der Waals surface area (Å²) in [6, 6.07) is 14.7. The van der Waals surface area contributed by atoms with E-state index in [4.69, 9.17) is 12.2 Å². The van der Waals surface area contributed by atoms with Gasteiger partial charge >= 0.3 is 0 Å². The van der Waals surface area contributed by atoms with Gasteiger partial charge in [-0.2, -0.15) is 0 Å². The smallest absolute Gasteiger partial charge is 0.174 e. The molecule has 0 saturated carbocycles. The standard InChI is InChI=1S/C20H18BrN3S2/c1-12-8-10-26-19(12)18-17(16-5-3-4-9-22-16)23-20(25)24(18)14-6-7-15(21)13(2)11-14/h3-11,17-18H,1-2H3,(H,23,25). The molecular weight excluding hydrogens is 426 g/mol. The first-order valence-corrected chi connectivity index (χ1v) is 10.4. The number of nitrogens with one attached hydrogen (secondary N) is 1. The van der Waals surface area contributed by atoms with Crippen molar-refractivity contribution < 1.29 is 0 Å². The molecule has 2 unspecified atom stereocenters. The zero-order valence-corrected chi connectivity index (χ0v) is 17.7. The van der Waals surface area contributed by atoms with Gasteiger partial charge in [0.1, 0.15) is 0 Å². The number of benzene rings is 1. The first-order chi connectivity index (χ1) is 12.6. The highest BCUT2D eigenvalue weighted by molar-refractivity contribution is 9.10. The fourth-order valence-corrected chi connectivity index (χ4v) is 5.01. The molecule has 0 amide bonds. The van der Waals surface area contributed by atoms with Crippen molar-refractivity contribution in [1.29, 1.82) is 0 Å². The highest BCUT2D eigenvalue weighted by atomic mass is 79.9. The number of aromatic nitrogens is 1. The Morgan fingerprint density at radius 2 is 2.00 bits per heavy atom. The third-order valence-corrected chi connectivity index (χ3v) is 6.98. The summed E-state index contributed by atoms with van der Waals surface area (Å²) in [5, 5.41) is 6.39. The van der Waals surface area contributed by atoms with Gasteiger partial charge < -0.3 is 10.2 Å². The van der Waals surface area contributed by atoms with Crippen LogP contribution in [-0.4, -0.2) is 10.1 Å². The highest BCUT2D eigenvalue weighted by Gasteiger charge is 2.41. The number of hydrogen-bond donors (Lipinski definition) is 1. The molecular formula is C20H18BrN3S2. The molecule has 4 rings (SSSR count).